The molecule has 0 radical (unpaired) electrons. The highest BCUT2D eigenvalue weighted by molar-refractivity contribution is 7.99. The van der Waals surface area contributed by atoms with Crippen LogP contribution in [0, 0.1) is 5.82 Å². The number of carbonyl (C=O) groups excluding carboxylic acids is 1. The first kappa shape index (κ1) is 12.9. The van der Waals surface area contributed by atoms with Gasteiger partial charge in [-0.05, 0) is 17.7 Å². The Kier molecular flexibility index (Phi) is 4.42. The van der Waals surface area contributed by atoms with E-state index in [9.17, 15) is 9.18 Å². The van der Waals surface area contributed by atoms with Crippen molar-refractivity contribution in [2.45, 2.75) is 12.5 Å². The average molecular weight is 275 g/mol. The minimum atomic E-state index is -0.465. The molecule has 2 rings (SSSR count). The molecule has 5 heteroatoms. The minimum Gasteiger partial charge on any atom is -0.369 e. The second-order valence-corrected chi connectivity index (χ2v) is 5.38. The van der Waals surface area contributed by atoms with E-state index in [1.54, 1.807) is 17.8 Å². The number of thioether (sulfide) groups is 1. The van der Waals surface area contributed by atoms with Gasteiger partial charge in [0.05, 0.1) is 11.6 Å². The lowest BCUT2D eigenvalue weighted by Crippen LogP contribution is -2.32. The topological polar surface area (TPSA) is 26.3 Å². The first-order chi connectivity index (χ1) is 8.16. The van der Waals surface area contributed by atoms with Crippen molar-refractivity contribution in [3.05, 3.63) is 34.6 Å². The SMILES string of the molecule is O=C(Cc1ccc(F)c(Cl)c1)C1CSCCO1. The van der Waals surface area contributed by atoms with Crippen molar-refractivity contribution in [1.29, 1.82) is 0 Å². The maximum absolute atomic E-state index is 12.9. The van der Waals surface area contributed by atoms with Crippen LogP contribution in [0.5, 0.6) is 0 Å². The third-order valence-corrected chi connectivity index (χ3v) is 3.82. The van der Waals surface area contributed by atoms with Crippen molar-refractivity contribution < 1.29 is 13.9 Å². The Morgan fingerprint density at radius 2 is 2.41 bits per heavy atom. The third-order valence-electron chi connectivity index (χ3n) is 2.54. The highest BCUT2D eigenvalue weighted by Gasteiger charge is 2.22. The van der Waals surface area contributed by atoms with E-state index in [2.05, 4.69) is 0 Å². The van der Waals surface area contributed by atoms with Crippen LogP contribution in [0.3, 0.4) is 0 Å². The normalized spacial score (nSPS) is 20.2. The van der Waals surface area contributed by atoms with Gasteiger partial charge in [-0.15, -0.1) is 0 Å². The largest absolute Gasteiger partial charge is 0.369 e. The number of benzene rings is 1. The van der Waals surface area contributed by atoms with E-state index >= 15 is 0 Å². The molecule has 0 saturated carbocycles. The van der Waals surface area contributed by atoms with Gasteiger partial charge in [-0.25, -0.2) is 4.39 Å². The zero-order chi connectivity index (χ0) is 12.3. The maximum Gasteiger partial charge on any atom is 0.166 e. The van der Waals surface area contributed by atoms with Crippen LogP contribution in [0.4, 0.5) is 4.39 Å². The van der Waals surface area contributed by atoms with Gasteiger partial charge >= 0.3 is 0 Å². The molecule has 1 saturated heterocycles. The number of Topliss-reactive ketones (excluding diaryl/α,β-unsaturated/α-hetero) is 1. The third kappa shape index (κ3) is 3.44. The van der Waals surface area contributed by atoms with E-state index in [0.717, 1.165) is 11.3 Å². The Morgan fingerprint density at radius 1 is 1.59 bits per heavy atom. The van der Waals surface area contributed by atoms with Gasteiger partial charge in [0.1, 0.15) is 11.9 Å². The monoisotopic (exact) mass is 274 g/mol. The van der Waals surface area contributed by atoms with Gasteiger partial charge < -0.3 is 4.74 Å². The summed E-state index contributed by atoms with van der Waals surface area (Å²) in [7, 11) is 0. The molecule has 1 atom stereocenters. The lowest BCUT2D eigenvalue weighted by atomic mass is 10.1. The average Bonchev–Trinajstić information content (AvgIpc) is 2.35. The Morgan fingerprint density at radius 3 is 3.06 bits per heavy atom. The van der Waals surface area contributed by atoms with E-state index in [-0.39, 0.29) is 23.3 Å². The standard InChI is InChI=1S/C12H12ClFO2S/c13-9-5-8(1-2-10(9)14)6-11(15)12-7-17-4-3-16-12/h1-2,5,12H,3-4,6-7H2. The summed E-state index contributed by atoms with van der Waals surface area (Å²) in [5.74, 6) is 1.20. The molecule has 92 valence electrons. The number of hydrogen-bond donors (Lipinski definition) is 0. The smallest absolute Gasteiger partial charge is 0.166 e. The summed E-state index contributed by atoms with van der Waals surface area (Å²) in [5, 5.41) is 0.0502. The molecule has 0 aromatic heterocycles. The van der Waals surface area contributed by atoms with E-state index in [0.29, 0.717) is 12.4 Å². The molecule has 1 unspecified atom stereocenters. The van der Waals surface area contributed by atoms with Crippen molar-refractivity contribution >= 4 is 29.1 Å². The van der Waals surface area contributed by atoms with Crippen molar-refractivity contribution in [2.24, 2.45) is 0 Å². The Hall–Kier alpha value is -0.580. The molecule has 0 bridgehead atoms. The summed E-state index contributed by atoms with van der Waals surface area (Å²) < 4.78 is 18.3. The molecule has 0 spiro atoms. The molecule has 0 amide bonds. The summed E-state index contributed by atoms with van der Waals surface area (Å²) in [6.07, 6.45) is -0.0943. The quantitative estimate of drug-likeness (QED) is 0.848. The second-order valence-electron chi connectivity index (χ2n) is 3.83. The van der Waals surface area contributed by atoms with Crippen LogP contribution in [-0.4, -0.2) is 30.0 Å². The number of halogens is 2. The number of rotatable bonds is 3. The van der Waals surface area contributed by atoms with E-state index in [1.807, 2.05) is 0 Å². The lowest BCUT2D eigenvalue weighted by Gasteiger charge is -2.21. The van der Waals surface area contributed by atoms with Gasteiger partial charge in [-0.3, -0.25) is 4.79 Å². The van der Waals surface area contributed by atoms with Crippen molar-refractivity contribution in [1.82, 2.24) is 0 Å². The van der Waals surface area contributed by atoms with Crippen molar-refractivity contribution in [3.63, 3.8) is 0 Å². The number of carbonyl (C=O) groups is 1. The van der Waals surface area contributed by atoms with Crippen LogP contribution < -0.4 is 0 Å². The molecule has 1 fully saturated rings. The van der Waals surface area contributed by atoms with Crippen molar-refractivity contribution in [3.8, 4) is 0 Å². The predicted octanol–water partition coefficient (Wildman–Crippen LogP) is 2.72. The highest BCUT2D eigenvalue weighted by Crippen LogP contribution is 2.19. The Bertz CT molecular complexity index is 419. The fourth-order valence-corrected chi connectivity index (χ4v) is 2.72. The van der Waals surface area contributed by atoms with Gasteiger partial charge in [-0.1, -0.05) is 17.7 Å². The predicted molar refractivity (Wildman–Crippen MR) is 67.2 cm³/mol. The fourth-order valence-electron chi connectivity index (χ4n) is 1.64. The molecule has 0 N–H and O–H groups in total. The van der Waals surface area contributed by atoms with Gasteiger partial charge in [-0.2, -0.15) is 11.8 Å². The van der Waals surface area contributed by atoms with Gasteiger partial charge in [0.15, 0.2) is 5.78 Å². The number of hydrogen-bond acceptors (Lipinski definition) is 3. The van der Waals surface area contributed by atoms with Crippen LogP contribution >= 0.6 is 23.4 Å². The van der Waals surface area contributed by atoms with Crippen LogP contribution in [0.1, 0.15) is 5.56 Å². The first-order valence-corrected chi connectivity index (χ1v) is 6.86. The first-order valence-electron chi connectivity index (χ1n) is 5.33. The molecular formula is C12H12ClFO2S. The summed E-state index contributed by atoms with van der Waals surface area (Å²) in [4.78, 5) is 11.9. The molecule has 1 aromatic carbocycles. The maximum atomic E-state index is 12.9. The van der Waals surface area contributed by atoms with Crippen LogP contribution in [-0.2, 0) is 16.0 Å². The molecule has 0 aliphatic carbocycles. The van der Waals surface area contributed by atoms with Crippen molar-refractivity contribution in [2.75, 3.05) is 18.1 Å². The number of ether oxygens (including phenoxy) is 1. The van der Waals surface area contributed by atoms with Gasteiger partial charge in [0.25, 0.3) is 0 Å². The molecule has 17 heavy (non-hydrogen) atoms. The summed E-state index contributed by atoms with van der Waals surface area (Å²) in [6.45, 7) is 0.616. The van der Waals surface area contributed by atoms with E-state index in [4.69, 9.17) is 16.3 Å². The zero-order valence-electron chi connectivity index (χ0n) is 9.12. The molecule has 2 nitrogen and oxygen atoms in total. The van der Waals surface area contributed by atoms with Gasteiger partial charge in [0, 0.05) is 17.9 Å². The molecule has 1 heterocycles. The Balaban J connectivity index is 1.99. The molecule has 1 aliphatic heterocycles. The molecule has 1 aliphatic rings. The summed E-state index contributed by atoms with van der Waals surface area (Å²) >= 11 is 7.38. The van der Waals surface area contributed by atoms with Gasteiger partial charge in [0.2, 0.25) is 0 Å². The number of ketones is 1. The van der Waals surface area contributed by atoms with Crippen LogP contribution in [0.2, 0.25) is 5.02 Å². The molecule has 1 aromatic rings. The van der Waals surface area contributed by atoms with Crippen LogP contribution in [0.25, 0.3) is 0 Å². The van der Waals surface area contributed by atoms with E-state index in [1.165, 1.54) is 12.1 Å². The summed E-state index contributed by atoms with van der Waals surface area (Å²) in [6, 6.07) is 4.35. The second kappa shape index (κ2) is 5.85. The van der Waals surface area contributed by atoms with E-state index < -0.39 is 5.82 Å². The molecular weight excluding hydrogens is 263 g/mol. The lowest BCUT2D eigenvalue weighted by molar-refractivity contribution is -0.128. The highest BCUT2D eigenvalue weighted by atomic mass is 35.5. The fraction of sp³-hybridized carbons (Fsp3) is 0.417. The Labute approximate surface area is 108 Å². The zero-order valence-corrected chi connectivity index (χ0v) is 10.7. The minimum absolute atomic E-state index is 0.0277. The summed E-state index contributed by atoms with van der Waals surface area (Å²) in [5.41, 5.74) is 0.723. The van der Waals surface area contributed by atoms with Crippen LogP contribution in [0.15, 0.2) is 18.2 Å².